The summed E-state index contributed by atoms with van der Waals surface area (Å²) in [5.41, 5.74) is 2.23. The van der Waals surface area contributed by atoms with Crippen LogP contribution in [-0.4, -0.2) is 12.3 Å². The standard InChI is InChI=1S/C15H12N2/c16-9-11-7-15(17-10-11)14-6-5-12-3-1-2-4-13(12)8-14/h1-6,8,11H,7,10H2. The van der Waals surface area contributed by atoms with Crippen LogP contribution in [0.5, 0.6) is 0 Å². The second-order valence-electron chi connectivity index (χ2n) is 4.38. The molecular weight excluding hydrogens is 208 g/mol. The van der Waals surface area contributed by atoms with Gasteiger partial charge in [0.25, 0.3) is 0 Å². The molecule has 0 N–H and O–H groups in total. The van der Waals surface area contributed by atoms with Gasteiger partial charge < -0.3 is 0 Å². The van der Waals surface area contributed by atoms with E-state index in [1.54, 1.807) is 0 Å². The molecule has 0 amide bonds. The number of nitriles is 1. The minimum Gasteiger partial charge on any atom is -0.288 e. The van der Waals surface area contributed by atoms with Crippen LogP contribution in [0.1, 0.15) is 12.0 Å². The third-order valence-corrected chi connectivity index (χ3v) is 3.21. The first-order chi connectivity index (χ1) is 8.36. The first-order valence-electron chi connectivity index (χ1n) is 5.79. The van der Waals surface area contributed by atoms with E-state index in [4.69, 9.17) is 5.26 Å². The molecule has 0 aliphatic carbocycles. The first kappa shape index (κ1) is 10.0. The van der Waals surface area contributed by atoms with E-state index < -0.39 is 0 Å². The van der Waals surface area contributed by atoms with Crippen LogP contribution in [0.15, 0.2) is 47.5 Å². The number of nitrogens with zero attached hydrogens (tertiary/aromatic N) is 2. The van der Waals surface area contributed by atoms with Crippen LogP contribution in [0.4, 0.5) is 0 Å². The molecule has 3 rings (SSSR count). The Morgan fingerprint density at radius 3 is 2.71 bits per heavy atom. The summed E-state index contributed by atoms with van der Waals surface area (Å²) in [4.78, 5) is 4.46. The van der Waals surface area contributed by atoms with Gasteiger partial charge >= 0.3 is 0 Å². The first-order valence-corrected chi connectivity index (χ1v) is 5.79. The summed E-state index contributed by atoms with van der Waals surface area (Å²) in [7, 11) is 0. The molecule has 0 saturated heterocycles. The summed E-state index contributed by atoms with van der Waals surface area (Å²) in [6.07, 6.45) is 0.787. The lowest BCUT2D eigenvalue weighted by Gasteiger charge is -2.03. The van der Waals surface area contributed by atoms with Gasteiger partial charge in [0.15, 0.2) is 0 Å². The number of rotatable bonds is 1. The van der Waals surface area contributed by atoms with Crippen LogP contribution in [-0.2, 0) is 0 Å². The highest BCUT2D eigenvalue weighted by Crippen LogP contribution is 2.21. The van der Waals surface area contributed by atoms with Gasteiger partial charge in [0.1, 0.15) is 0 Å². The van der Waals surface area contributed by atoms with Crippen molar-refractivity contribution in [2.75, 3.05) is 6.54 Å². The monoisotopic (exact) mass is 220 g/mol. The van der Waals surface area contributed by atoms with Crippen molar-refractivity contribution in [3.8, 4) is 6.07 Å². The molecule has 2 aromatic carbocycles. The van der Waals surface area contributed by atoms with Crippen molar-refractivity contribution in [3.63, 3.8) is 0 Å². The SMILES string of the molecule is N#CC1CN=C(c2ccc3ccccc3c2)C1. The van der Waals surface area contributed by atoms with Gasteiger partial charge in [-0.25, -0.2) is 0 Å². The normalized spacial score (nSPS) is 19.0. The highest BCUT2D eigenvalue weighted by molar-refractivity contribution is 6.04. The summed E-state index contributed by atoms with van der Waals surface area (Å²) < 4.78 is 0. The summed E-state index contributed by atoms with van der Waals surface area (Å²) in [5, 5.41) is 11.4. The highest BCUT2D eigenvalue weighted by atomic mass is 14.8. The fourth-order valence-electron chi connectivity index (χ4n) is 2.25. The Hall–Kier alpha value is -2.14. The maximum absolute atomic E-state index is 8.88. The molecule has 17 heavy (non-hydrogen) atoms. The zero-order chi connectivity index (χ0) is 11.7. The molecule has 1 unspecified atom stereocenters. The third-order valence-electron chi connectivity index (χ3n) is 3.21. The Morgan fingerprint density at radius 1 is 1.12 bits per heavy atom. The molecule has 2 nitrogen and oxygen atoms in total. The van der Waals surface area contributed by atoms with Gasteiger partial charge in [0, 0.05) is 12.1 Å². The lowest BCUT2D eigenvalue weighted by molar-refractivity contribution is 0.759. The predicted octanol–water partition coefficient (Wildman–Crippen LogP) is 3.17. The van der Waals surface area contributed by atoms with E-state index in [0.717, 1.165) is 17.7 Å². The van der Waals surface area contributed by atoms with E-state index in [2.05, 4.69) is 41.4 Å². The Balaban J connectivity index is 2.00. The van der Waals surface area contributed by atoms with Crippen molar-refractivity contribution >= 4 is 16.5 Å². The minimum absolute atomic E-state index is 0.0662. The Morgan fingerprint density at radius 2 is 1.94 bits per heavy atom. The number of hydrogen-bond donors (Lipinski definition) is 0. The van der Waals surface area contributed by atoms with Crippen molar-refractivity contribution in [2.45, 2.75) is 6.42 Å². The Bertz CT molecular complexity index is 635. The largest absolute Gasteiger partial charge is 0.288 e. The molecule has 0 saturated carbocycles. The van der Waals surface area contributed by atoms with E-state index in [1.165, 1.54) is 10.8 Å². The molecule has 0 aromatic heterocycles. The van der Waals surface area contributed by atoms with E-state index in [-0.39, 0.29) is 5.92 Å². The number of aliphatic imine (C=N–C) groups is 1. The van der Waals surface area contributed by atoms with Gasteiger partial charge in [-0.1, -0.05) is 36.4 Å². The van der Waals surface area contributed by atoms with Gasteiger partial charge in [0.2, 0.25) is 0 Å². The van der Waals surface area contributed by atoms with E-state index in [9.17, 15) is 0 Å². The zero-order valence-corrected chi connectivity index (χ0v) is 9.43. The van der Waals surface area contributed by atoms with E-state index in [1.807, 2.05) is 12.1 Å². The zero-order valence-electron chi connectivity index (χ0n) is 9.43. The van der Waals surface area contributed by atoms with Crippen molar-refractivity contribution in [1.29, 1.82) is 5.26 Å². The maximum Gasteiger partial charge on any atom is 0.0714 e. The molecule has 0 radical (unpaired) electrons. The van der Waals surface area contributed by atoms with Gasteiger partial charge in [-0.2, -0.15) is 5.26 Å². The molecule has 1 atom stereocenters. The summed E-state index contributed by atoms with van der Waals surface area (Å²) in [5.74, 6) is 0.0662. The number of fused-ring (bicyclic) bond motifs is 1. The van der Waals surface area contributed by atoms with Gasteiger partial charge in [-0.15, -0.1) is 0 Å². The summed E-state index contributed by atoms with van der Waals surface area (Å²) in [6.45, 7) is 0.651. The molecule has 0 fully saturated rings. The lowest BCUT2D eigenvalue weighted by Crippen LogP contribution is -2.00. The summed E-state index contributed by atoms with van der Waals surface area (Å²) in [6, 6.07) is 17.0. The Labute approximate surface area is 100 Å². The molecule has 2 aromatic rings. The van der Waals surface area contributed by atoms with Gasteiger partial charge in [0.05, 0.1) is 18.5 Å². The van der Waals surface area contributed by atoms with Crippen molar-refractivity contribution in [1.82, 2.24) is 0 Å². The molecule has 0 bridgehead atoms. The minimum atomic E-state index is 0.0662. The van der Waals surface area contributed by atoms with Gasteiger partial charge in [-0.3, -0.25) is 4.99 Å². The molecule has 82 valence electrons. The number of benzene rings is 2. The van der Waals surface area contributed by atoms with Crippen LogP contribution in [0.2, 0.25) is 0 Å². The lowest BCUT2D eigenvalue weighted by atomic mass is 9.99. The number of hydrogen-bond acceptors (Lipinski definition) is 2. The predicted molar refractivity (Wildman–Crippen MR) is 69.1 cm³/mol. The van der Waals surface area contributed by atoms with Gasteiger partial charge in [-0.05, 0) is 22.4 Å². The molecule has 1 aliphatic rings. The topological polar surface area (TPSA) is 36.1 Å². The van der Waals surface area contributed by atoms with Crippen molar-refractivity contribution in [2.24, 2.45) is 10.9 Å². The highest BCUT2D eigenvalue weighted by Gasteiger charge is 2.19. The molecule has 1 aliphatic heterocycles. The van der Waals surface area contributed by atoms with E-state index >= 15 is 0 Å². The van der Waals surface area contributed by atoms with Crippen molar-refractivity contribution < 1.29 is 0 Å². The molecule has 0 spiro atoms. The Kier molecular flexibility index (Phi) is 2.38. The third kappa shape index (κ3) is 1.81. The van der Waals surface area contributed by atoms with Crippen LogP contribution in [0.3, 0.4) is 0 Å². The summed E-state index contributed by atoms with van der Waals surface area (Å²) >= 11 is 0. The van der Waals surface area contributed by atoms with Crippen LogP contribution in [0, 0.1) is 17.2 Å². The van der Waals surface area contributed by atoms with E-state index in [0.29, 0.717) is 6.54 Å². The van der Waals surface area contributed by atoms with Crippen LogP contribution < -0.4 is 0 Å². The average Bonchev–Trinajstić information content (AvgIpc) is 2.87. The molecule has 1 heterocycles. The van der Waals surface area contributed by atoms with Crippen LogP contribution in [0.25, 0.3) is 10.8 Å². The quantitative estimate of drug-likeness (QED) is 0.727. The average molecular weight is 220 g/mol. The second-order valence-corrected chi connectivity index (χ2v) is 4.38. The maximum atomic E-state index is 8.88. The molecular formula is C15H12N2. The second kappa shape index (κ2) is 4.03. The smallest absolute Gasteiger partial charge is 0.0714 e. The molecule has 2 heteroatoms. The fraction of sp³-hybridized carbons (Fsp3) is 0.200. The fourth-order valence-corrected chi connectivity index (χ4v) is 2.25. The van der Waals surface area contributed by atoms with Crippen molar-refractivity contribution in [3.05, 3.63) is 48.0 Å². The van der Waals surface area contributed by atoms with Crippen LogP contribution >= 0.6 is 0 Å².